The predicted molar refractivity (Wildman–Crippen MR) is 114 cm³/mol. The molecule has 1 N–H and O–H groups in total. The second-order valence-electron chi connectivity index (χ2n) is 5.44. The lowest BCUT2D eigenvalue weighted by molar-refractivity contribution is 1.36. The first-order valence-corrected chi connectivity index (χ1v) is 9.95. The van der Waals surface area contributed by atoms with Crippen molar-refractivity contribution in [3.05, 3.63) is 73.1 Å². The largest absolute Gasteiger partial charge is 0.360 e. The molecule has 26 heavy (non-hydrogen) atoms. The molecule has 3 rings (SSSR count). The van der Waals surface area contributed by atoms with Crippen molar-refractivity contribution in [1.29, 1.82) is 5.26 Å². The van der Waals surface area contributed by atoms with Crippen LogP contribution in [0.15, 0.2) is 52.5 Å². The van der Waals surface area contributed by atoms with Gasteiger partial charge in [0.1, 0.15) is 16.6 Å². The third-order valence-electron chi connectivity index (χ3n) is 3.62. The quantitative estimate of drug-likeness (QED) is 0.416. The minimum Gasteiger partial charge on any atom is -0.360 e. The molecule has 0 aliphatic heterocycles. The number of aryl methyl sites for hydroxylation is 1. The maximum atomic E-state index is 9.50. The number of thiazole rings is 1. The molecule has 0 aliphatic rings. The highest BCUT2D eigenvalue weighted by atomic mass is 79.9. The Hall–Kier alpha value is -1.84. The van der Waals surface area contributed by atoms with Gasteiger partial charge in [-0.3, -0.25) is 0 Å². The first-order valence-electron chi connectivity index (χ1n) is 7.52. The smallest absolute Gasteiger partial charge is 0.136 e. The summed E-state index contributed by atoms with van der Waals surface area (Å²) in [5.41, 5.74) is 3.95. The van der Waals surface area contributed by atoms with Crippen LogP contribution in [0.2, 0.25) is 10.0 Å². The van der Waals surface area contributed by atoms with Crippen molar-refractivity contribution in [2.75, 3.05) is 5.32 Å². The van der Waals surface area contributed by atoms with E-state index in [9.17, 15) is 5.26 Å². The van der Waals surface area contributed by atoms with Gasteiger partial charge in [-0.25, -0.2) is 4.98 Å². The first-order chi connectivity index (χ1) is 12.5. The lowest BCUT2D eigenvalue weighted by Crippen LogP contribution is -1.93. The Balaban J connectivity index is 1.87. The summed E-state index contributed by atoms with van der Waals surface area (Å²) in [5, 5.41) is 16.3. The summed E-state index contributed by atoms with van der Waals surface area (Å²) in [6, 6.07) is 13.4. The molecular formula is C19H12BrCl2N3S. The number of benzene rings is 2. The van der Waals surface area contributed by atoms with Gasteiger partial charge in [-0.2, -0.15) is 5.26 Å². The van der Waals surface area contributed by atoms with E-state index < -0.39 is 0 Å². The molecule has 0 radical (unpaired) electrons. The van der Waals surface area contributed by atoms with Crippen molar-refractivity contribution in [2.45, 2.75) is 6.92 Å². The number of nitriles is 1. The third-order valence-corrected chi connectivity index (χ3v) is 5.54. The van der Waals surface area contributed by atoms with E-state index in [1.807, 2.05) is 36.6 Å². The zero-order valence-corrected chi connectivity index (χ0v) is 17.5. The Morgan fingerprint density at radius 1 is 1.27 bits per heavy atom. The van der Waals surface area contributed by atoms with Crippen LogP contribution in [0, 0.1) is 18.3 Å². The lowest BCUT2D eigenvalue weighted by atomic mass is 10.2. The molecule has 0 saturated heterocycles. The molecule has 7 heteroatoms. The molecule has 0 atom stereocenters. The number of allylic oxidation sites excluding steroid dienone is 1. The Labute approximate surface area is 174 Å². The van der Waals surface area contributed by atoms with Crippen LogP contribution in [-0.4, -0.2) is 4.98 Å². The van der Waals surface area contributed by atoms with Crippen molar-refractivity contribution in [1.82, 2.24) is 4.98 Å². The molecule has 2 aromatic carbocycles. The number of nitrogens with zero attached hydrogens (tertiary/aromatic N) is 2. The zero-order valence-electron chi connectivity index (χ0n) is 13.6. The number of hydrogen-bond donors (Lipinski definition) is 1. The van der Waals surface area contributed by atoms with Crippen LogP contribution in [0.25, 0.3) is 16.8 Å². The van der Waals surface area contributed by atoms with E-state index in [1.54, 1.807) is 18.3 Å². The van der Waals surface area contributed by atoms with E-state index in [2.05, 4.69) is 32.3 Å². The molecular weight excluding hydrogens is 453 g/mol. The highest BCUT2D eigenvalue weighted by Crippen LogP contribution is 2.32. The summed E-state index contributed by atoms with van der Waals surface area (Å²) in [6.07, 6.45) is 1.67. The molecule has 0 amide bonds. The van der Waals surface area contributed by atoms with E-state index in [4.69, 9.17) is 23.2 Å². The highest BCUT2D eigenvalue weighted by Gasteiger charge is 2.12. The predicted octanol–water partition coefficient (Wildman–Crippen LogP) is 7.16. The SMILES string of the molecule is Cc1cc(Br)ccc1N/C=C(/C#N)c1nc(-c2ccc(Cl)cc2Cl)cs1. The number of hydrogen-bond acceptors (Lipinski definition) is 4. The van der Waals surface area contributed by atoms with E-state index >= 15 is 0 Å². The van der Waals surface area contributed by atoms with Gasteiger partial charge in [0.2, 0.25) is 0 Å². The van der Waals surface area contributed by atoms with E-state index in [1.165, 1.54) is 11.3 Å². The second-order valence-corrected chi connectivity index (χ2v) is 8.05. The Bertz CT molecular complexity index is 1040. The molecule has 1 aromatic heterocycles. The summed E-state index contributed by atoms with van der Waals surface area (Å²) in [6.45, 7) is 2.00. The van der Waals surface area contributed by atoms with Gasteiger partial charge >= 0.3 is 0 Å². The minimum absolute atomic E-state index is 0.452. The van der Waals surface area contributed by atoms with Crippen molar-refractivity contribution in [3.63, 3.8) is 0 Å². The number of halogens is 3. The fourth-order valence-corrected chi connectivity index (χ4v) is 4.07. The van der Waals surface area contributed by atoms with Crippen LogP contribution < -0.4 is 5.32 Å². The van der Waals surface area contributed by atoms with Crippen LogP contribution >= 0.6 is 50.5 Å². The van der Waals surface area contributed by atoms with Crippen LogP contribution in [-0.2, 0) is 0 Å². The maximum Gasteiger partial charge on any atom is 0.136 e. The fraction of sp³-hybridized carbons (Fsp3) is 0.0526. The molecule has 0 saturated carbocycles. The van der Waals surface area contributed by atoms with E-state index in [0.717, 1.165) is 21.3 Å². The highest BCUT2D eigenvalue weighted by molar-refractivity contribution is 9.10. The van der Waals surface area contributed by atoms with Crippen LogP contribution in [0.5, 0.6) is 0 Å². The van der Waals surface area contributed by atoms with Crippen molar-refractivity contribution < 1.29 is 0 Å². The van der Waals surface area contributed by atoms with Gasteiger partial charge in [-0.15, -0.1) is 11.3 Å². The van der Waals surface area contributed by atoms with Gasteiger partial charge in [0, 0.05) is 32.3 Å². The normalized spacial score (nSPS) is 11.3. The first kappa shape index (κ1) is 18.9. The number of anilines is 1. The fourth-order valence-electron chi connectivity index (χ4n) is 2.30. The number of aromatic nitrogens is 1. The lowest BCUT2D eigenvalue weighted by Gasteiger charge is -2.06. The monoisotopic (exact) mass is 463 g/mol. The minimum atomic E-state index is 0.452. The molecule has 0 aliphatic carbocycles. The standard InChI is InChI=1S/C19H12BrCl2N3S/c1-11-6-13(20)2-5-17(11)24-9-12(8-23)19-25-18(10-26-19)15-4-3-14(21)7-16(15)22/h2-7,9-10,24H,1H3/b12-9-. The second kappa shape index (κ2) is 8.24. The van der Waals surface area contributed by atoms with Gasteiger partial charge in [-0.05, 0) is 48.9 Å². The van der Waals surface area contributed by atoms with Crippen LogP contribution in [0.3, 0.4) is 0 Å². The van der Waals surface area contributed by atoms with Gasteiger partial charge in [0.25, 0.3) is 0 Å². The van der Waals surface area contributed by atoms with Crippen molar-refractivity contribution >= 4 is 61.7 Å². The maximum absolute atomic E-state index is 9.50. The van der Waals surface area contributed by atoms with E-state index in [0.29, 0.717) is 26.3 Å². The summed E-state index contributed by atoms with van der Waals surface area (Å²) >= 11 is 17.0. The Morgan fingerprint density at radius 3 is 2.77 bits per heavy atom. The molecule has 0 fully saturated rings. The molecule has 130 valence electrons. The summed E-state index contributed by atoms with van der Waals surface area (Å²) in [5.74, 6) is 0. The van der Waals surface area contributed by atoms with Gasteiger partial charge in [-0.1, -0.05) is 39.1 Å². The summed E-state index contributed by atoms with van der Waals surface area (Å²) in [4.78, 5) is 4.54. The molecule has 1 heterocycles. The number of rotatable bonds is 4. The molecule has 3 aromatic rings. The number of nitrogens with one attached hydrogen (secondary N) is 1. The average molecular weight is 465 g/mol. The summed E-state index contributed by atoms with van der Waals surface area (Å²) < 4.78 is 1.01. The third kappa shape index (κ3) is 4.28. The van der Waals surface area contributed by atoms with Crippen molar-refractivity contribution in [3.8, 4) is 17.3 Å². The average Bonchev–Trinajstić information content (AvgIpc) is 3.06. The summed E-state index contributed by atoms with van der Waals surface area (Å²) in [7, 11) is 0. The molecule has 0 spiro atoms. The van der Waals surface area contributed by atoms with Gasteiger partial charge < -0.3 is 5.32 Å². The van der Waals surface area contributed by atoms with E-state index in [-0.39, 0.29) is 0 Å². The molecule has 0 bridgehead atoms. The zero-order chi connectivity index (χ0) is 18.7. The van der Waals surface area contributed by atoms with Crippen LogP contribution in [0.4, 0.5) is 5.69 Å². The van der Waals surface area contributed by atoms with Gasteiger partial charge in [0.15, 0.2) is 0 Å². The Morgan fingerprint density at radius 2 is 2.08 bits per heavy atom. The molecule has 0 unspecified atom stereocenters. The van der Waals surface area contributed by atoms with Crippen LogP contribution in [0.1, 0.15) is 10.6 Å². The van der Waals surface area contributed by atoms with Crippen molar-refractivity contribution in [2.24, 2.45) is 0 Å². The molecule has 3 nitrogen and oxygen atoms in total. The topological polar surface area (TPSA) is 48.7 Å². The Kier molecular flexibility index (Phi) is 6.00. The van der Waals surface area contributed by atoms with Gasteiger partial charge in [0.05, 0.1) is 10.7 Å².